The van der Waals surface area contributed by atoms with Crippen LogP contribution in [0, 0.1) is 34.6 Å². The van der Waals surface area contributed by atoms with Crippen LogP contribution >= 0.6 is 15.9 Å². The van der Waals surface area contributed by atoms with Crippen molar-refractivity contribution in [1.29, 1.82) is 0 Å². The Labute approximate surface area is 211 Å². The van der Waals surface area contributed by atoms with Crippen LogP contribution in [-0.4, -0.2) is 40.2 Å². The smallest absolute Gasteiger partial charge is 0.280 e. The van der Waals surface area contributed by atoms with Gasteiger partial charge in [0.05, 0.1) is 44.0 Å². The molecule has 0 aromatic carbocycles. The van der Waals surface area contributed by atoms with Gasteiger partial charge in [0, 0.05) is 5.56 Å². The number of nitrogens with zero attached hydrogens (tertiary/aromatic N) is 7. The number of rotatable bonds is 7. The molecule has 0 fully saturated rings. The fraction of sp³-hybridized carbons (Fsp3) is 0.409. The molecular weight excluding hydrogens is 548 g/mol. The Morgan fingerprint density at radius 2 is 1.53 bits per heavy atom. The number of carbonyl (C=O) groups is 1. The first-order chi connectivity index (χ1) is 16.9. The molecule has 0 atom stereocenters. The predicted molar refractivity (Wildman–Crippen MR) is 127 cm³/mol. The van der Waals surface area contributed by atoms with Gasteiger partial charge in [0.15, 0.2) is 5.65 Å². The number of pyridine rings is 1. The van der Waals surface area contributed by atoms with E-state index in [1.54, 1.807) is 23.2 Å². The number of aryl methyl sites for hydroxylation is 3. The van der Waals surface area contributed by atoms with Gasteiger partial charge in [0.25, 0.3) is 12.9 Å². The van der Waals surface area contributed by atoms with Crippen molar-refractivity contribution in [2.45, 2.75) is 60.7 Å². The molecule has 0 radical (unpaired) electrons. The lowest BCUT2D eigenvalue weighted by Crippen LogP contribution is -2.21. The molecule has 0 bridgehead atoms. The van der Waals surface area contributed by atoms with Crippen molar-refractivity contribution in [3.63, 3.8) is 0 Å². The van der Waals surface area contributed by atoms with Gasteiger partial charge in [-0.15, -0.1) is 0 Å². The summed E-state index contributed by atoms with van der Waals surface area (Å²) in [4.78, 5) is 16.7. The van der Waals surface area contributed by atoms with Crippen LogP contribution in [0.25, 0.3) is 11.0 Å². The summed E-state index contributed by atoms with van der Waals surface area (Å²) in [5.41, 5.74) is 2.03. The van der Waals surface area contributed by atoms with Crippen LogP contribution in [0.5, 0.6) is 0 Å². The molecule has 0 aliphatic carbocycles. The first-order valence-corrected chi connectivity index (χ1v) is 11.7. The average Bonchev–Trinajstić information content (AvgIpc) is 3.35. The first-order valence-electron chi connectivity index (χ1n) is 10.9. The lowest BCUT2D eigenvalue weighted by Gasteiger charge is -2.10. The second kappa shape index (κ2) is 9.64. The summed E-state index contributed by atoms with van der Waals surface area (Å²) < 4.78 is 59.1. The lowest BCUT2D eigenvalue weighted by molar-refractivity contribution is -0.116. The van der Waals surface area contributed by atoms with Gasteiger partial charge in [-0.25, -0.2) is 36.6 Å². The molecule has 4 aromatic rings. The molecule has 14 heteroatoms. The van der Waals surface area contributed by atoms with Crippen LogP contribution in [0.2, 0.25) is 0 Å². The maximum atomic E-state index is 13.6. The summed E-state index contributed by atoms with van der Waals surface area (Å²) in [6.07, 6.45) is -6.06. The number of nitrogens with one attached hydrogen (secondary N) is 1. The Kier molecular flexibility index (Phi) is 6.90. The number of aromatic nitrogens is 7. The zero-order valence-electron chi connectivity index (χ0n) is 20.1. The molecule has 0 aliphatic rings. The van der Waals surface area contributed by atoms with E-state index in [0.29, 0.717) is 29.8 Å². The molecular formula is C22H23BrF4N8O. The maximum absolute atomic E-state index is 13.6. The summed E-state index contributed by atoms with van der Waals surface area (Å²) in [7, 11) is 0. The average molecular weight is 571 g/mol. The van der Waals surface area contributed by atoms with Gasteiger partial charge in [0.2, 0.25) is 5.91 Å². The van der Waals surface area contributed by atoms with Crippen molar-refractivity contribution in [2.75, 3.05) is 5.32 Å². The summed E-state index contributed by atoms with van der Waals surface area (Å²) in [6, 6.07) is 0.680. The minimum absolute atomic E-state index is 0.0431. The van der Waals surface area contributed by atoms with E-state index in [1.165, 1.54) is 6.92 Å². The molecule has 0 spiro atoms. The van der Waals surface area contributed by atoms with Crippen LogP contribution in [0.15, 0.2) is 10.5 Å². The number of alkyl halides is 4. The van der Waals surface area contributed by atoms with Crippen molar-refractivity contribution in [1.82, 2.24) is 34.3 Å². The van der Waals surface area contributed by atoms with Crippen molar-refractivity contribution in [3.8, 4) is 0 Å². The normalized spacial score (nSPS) is 11.9. The highest BCUT2D eigenvalue weighted by Gasteiger charge is 2.24. The van der Waals surface area contributed by atoms with E-state index in [1.807, 2.05) is 13.8 Å². The predicted octanol–water partition coefficient (Wildman–Crippen LogP) is 5.15. The summed E-state index contributed by atoms with van der Waals surface area (Å²) >= 11 is 3.49. The quantitative estimate of drug-likeness (QED) is 0.310. The molecule has 0 unspecified atom stereocenters. The zero-order valence-corrected chi connectivity index (χ0v) is 21.7. The second-order valence-electron chi connectivity index (χ2n) is 8.40. The highest BCUT2D eigenvalue weighted by molar-refractivity contribution is 9.10. The largest absolute Gasteiger partial charge is 0.321 e. The number of fused-ring (bicyclic) bond motifs is 1. The number of hydrogen-bond donors (Lipinski definition) is 1. The second-order valence-corrected chi connectivity index (χ2v) is 9.19. The van der Waals surface area contributed by atoms with Gasteiger partial charge in [-0.1, -0.05) is 0 Å². The minimum Gasteiger partial charge on any atom is -0.321 e. The number of amides is 1. The molecule has 1 N–H and O–H groups in total. The molecule has 0 saturated carbocycles. The van der Waals surface area contributed by atoms with Crippen LogP contribution in [0.4, 0.5) is 23.2 Å². The molecule has 4 aromatic heterocycles. The SMILES string of the molecule is Cc1nn(Cn2nc(C)c(NC(=O)Cn3nc(C)c4c(C(F)F)cc(C(F)F)nc43)c2C)c(C)c1Br. The van der Waals surface area contributed by atoms with Crippen molar-refractivity contribution < 1.29 is 22.4 Å². The lowest BCUT2D eigenvalue weighted by atomic mass is 10.1. The number of hydrogen-bond acceptors (Lipinski definition) is 5. The van der Waals surface area contributed by atoms with Gasteiger partial charge in [-0.2, -0.15) is 15.3 Å². The highest BCUT2D eigenvalue weighted by Crippen LogP contribution is 2.32. The Hall–Kier alpha value is -3.29. The third kappa shape index (κ3) is 4.61. The van der Waals surface area contributed by atoms with E-state index in [0.717, 1.165) is 20.5 Å². The van der Waals surface area contributed by atoms with Gasteiger partial charge in [-0.05, 0) is 56.6 Å². The third-order valence-electron chi connectivity index (χ3n) is 5.89. The van der Waals surface area contributed by atoms with Crippen molar-refractivity contribution in [2.24, 2.45) is 0 Å². The van der Waals surface area contributed by atoms with Crippen molar-refractivity contribution >= 4 is 38.6 Å². The Morgan fingerprint density at radius 3 is 2.11 bits per heavy atom. The molecule has 0 saturated heterocycles. The Balaban J connectivity index is 1.61. The van der Waals surface area contributed by atoms with E-state index in [9.17, 15) is 22.4 Å². The standard InChI is InChI=1S/C22H23BrF4N8O/c1-9-17-14(20(24)25)6-15(21(26)27)28-22(17)33(30-9)7-16(36)29-19-11(3)32-35(13(19)5)8-34-12(4)18(23)10(2)31-34/h6,20-21H,7-8H2,1-5H3,(H,29,36). The third-order valence-corrected chi connectivity index (χ3v) is 7.03. The monoisotopic (exact) mass is 570 g/mol. The van der Waals surface area contributed by atoms with Gasteiger partial charge in [0.1, 0.15) is 18.9 Å². The number of carbonyl (C=O) groups excluding carboxylic acids is 1. The molecule has 1 amide bonds. The van der Waals surface area contributed by atoms with E-state index >= 15 is 0 Å². The Bertz CT molecular complexity index is 1470. The van der Waals surface area contributed by atoms with Gasteiger partial charge in [-0.3, -0.25) is 4.79 Å². The zero-order chi connectivity index (χ0) is 26.5. The minimum atomic E-state index is -3.05. The molecule has 0 aliphatic heterocycles. The first kappa shape index (κ1) is 25.8. The molecule has 36 heavy (non-hydrogen) atoms. The van der Waals surface area contributed by atoms with E-state index in [4.69, 9.17) is 0 Å². The molecule has 192 valence electrons. The maximum Gasteiger partial charge on any atom is 0.280 e. The van der Waals surface area contributed by atoms with Crippen LogP contribution in [0.1, 0.15) is 52.6 Å². The van der Waals surface area contributed by atoms with Gasteiger partial charge < -0.3 is 5.32 Å². The fourth-order valence-electron chi connectivity index (χ4n) is 4.07. The molecule has 9 nitrogen and oxygen atoms in total. The number of anilines is 1. The Morgan fingerprint density at radius 1 is 0.917 bits per heavy atom. The molecule has 4 heterocycles. The molecule has 4 rings (SSSR count). The fourth-order valence-corrected chi connectivity index (χ4v) is 4.36. The van der Waals surface area contributed by atoms with Gasteiger partial charge >= 0.3 is 0 Å². The van der Waals surface area contributed by atoms with Crippen molar-refractivity contribution in [3.05, 3.63) is 50.3 Å². The summed E-state index contributed by atoms with van der Waals surface area (Å²) in [5.74, 6) is -0.540. The van der Waals surface area contributed by atoms with E-state index in [2.05, 4.69) is 41.5 Å². The van der Waals surface area contributed by atoms with E-state index in [-0.39, 0.29) is 16.7 Å². The summed E-state index contributed by atoms with van der Waals surface area (Å²) in [5, 5.41) is 15.8. The highest BCUT2D eigenvalue weighted by atomic mass is 79.9. The summed E-state index contributed by atoms with van der Waals surface area (Å²) in [6.45, 7) is 8.68. The van der Waals surface area contributed by atoms with Crippen LogP contribution in [0.3, 0.4) is 0 Å². The topological polar surface area (TPSA) is 95.5 Å². The van der Waals surface area contributed by atoms with Crippen LogP contribution in [-0.2, 0) is 18.0 Å². The van der Waals surface area contributed by atoms with Crippen LogP contribution < -0.4 is 5.32 Å². The number of halogens is 5. The van der Waals surface area contributed by atoms with E-state index < -0.39 is 36.6 Å².